The van der Waals surface area contributed by atoms with E-state index >= 15 is 0 Å². The highest BCUT2D eigenvalue weighted by atomic mass is 16.5. The van der Waals surface area contributed by atoms with Gasteiger partial charge in [-0.25, -0.2) is 0 Å². The second-order valence-electron chi connectivity index (χ2n) is 12.0. The fourth-order valence-electron chi connectivity index (χ4n) is 7.46. The van der Waals surface area contributed by atoms with E-state index in [-0.39, 0.29) is 30.9 Å². The number of carbonyl (C=O) groups is 3. The lowest BCUT2D eigenvalue weighted by atomic mass is 9.74. The molecule has 3 fully saturated rings. The first kappa shape index (κ1) is 29.8. The number of rotatable bonds is 9. The molecule has 3 amide bonds. The molecule has 11 nitrogen and oxygen atoms in total. The van der Waals surface area contributed by atoms with Gasteiger partial charge in [-0.05, 0) is 44.5 Å². The van der Waals surface area contributed by atoms with Crippen molar-refractivity contribution >= 4 is 23.4 Å². The summed E-state index contributed by atoms with van der Waals surface area (Å²) in [7, 11) is 0. The van der Waals surface area contributed by atoms with E-state index < -0.39 is 29.1 Å². The summed E-state index contributed by atoms with van der Waals surface area (Å²) in [5, 5.41) is 9.66. The molecule has 0 aliphatic carbocycles. The van der Waals surface area contributed by atoms with Crippen LogP contribution in [0.5, 0.6) is 5.75 Å². The van der Waals surface area contributed by atoms with Crippen LogP contribution in [0.15, 0.2) is 48.6 Å². The zero-order valence-electron chi connectivity index (χ0n) is 25.0. The van der Waals surface area contributed by atoms with Crippen LogP contribution >= 0.6 is 0 Å². The quantitative estimate of drug-likeness (QED) is 0.423. The van der Waals surface area contributed by atoms with Crippen molar-refractivity contribution in [2.24, 2.45) is 11.8 Å². The molecule has 1 unspecified atom stereocenters. The Morgan fingerprint density at radius 1 is 0.930 bits per heavy atom. The number of ether oxygens (including phenoxy) is 3. The topological polar surface area (TPSA) is 112 Å². The number of amides is 3. The van der Waals surface area contributed by atoms with E-state index in [0.717, 1.165) is 13.1 Å². The highest BCUT2D eigenvalue weighted by Gasteiger charge is 2.74. The standard InChI is InChI=1S/C32H42N4O7/c1-3-42-24-9-7-23(8-10-24)35-14-4-11-31(2)25(28(35)38)26-29(39)36(15-6-20-37)27-30(40)34(13-5-12-32(26,27)43-31)17-16-33-18-21-41-22-19-33/h4-5,7-12,25-27,37H,3,6,13-22H2,1-2H3/t25-,26-,27?,31+,32-/m0/s1. The van der Waals surface area contributed by atoms with Crippen LogP contribution in [0.3, 0.4) is 0 Å². The molecule has 0 aromatic heterocycles. The number of hydrogen-bond donors (Lipinski definition) is 1. The summed E-state index contributed by atoms with van der Waals surface area (Å²) in [6, 6.07) is 6.43. The average molecular weight is 595 g/mol. The van der Waals surface area contributed by atoms with Gasteiger partial charge in [0.15, 0.2) is 0 Å². The Morgan fingerprint density at radius 2 is 1.67 bits per heavy atom. The molecule has 43 heavy (non-hydrogen) atoms. The normalized spacial score (nSPS) is 32.5. The highest BCUT2D eigenvalue weighted by Crippen LogP contribution is 2.57. The van der Waals surface area contributed by atoms with Crippen LogP contribution in [-0.2, 0) is 23.9 Å². The molecular formula is C32H42N4O7. The molecular weight excluding hydrogens is 552 g/mol. The maximum atomic E-state index is 14.5. The van der Waals surface area contributed by atoms with Gasteiger partial charge < -0.3 is 34.0 Å². The van der Waals surface area contributed by atoms with Crippen LogP contribution in [0.4, 0.5) is 5.69 Å². The van der Waals surface area contributed by atoms with Crippen molar-refractivity contribution < 1.29 is 33.7 Å². The van der Waals surface area contributed by atoms with Gasteiger partial charge in [-0.1, -0.05) is 24.3 Å². The molecule has 5 heterocycles. The molecule has 5 aliphatic rings. The van der Waals surface area contributed by atoms with E-state index in [2.05, 4.69) is 4.90 Å². The first-order valence-electron chi connectivity index (χ1n) is 15.4. The van der Waals surface area contributed by atoms with Crippen molar-refractivity contribution in [3.63, 3.8) is 0 Å². The number of likely N-dealkylation sites (tertiary alicyclic amines) is 1. The van der Waals surface area contributed by atoms with Crippen molar-refractivity contribution in [3.8, 4) is 5.75 Å². The molecule has 5 aliphatic heterocycles. The van der Waals surface area contributed by atoms with Gasteiger partial charge in [-0.15, -0.1) is 0 Å². The number of aliphatic hydroxyl groups is 1. The first-order valence-corrected chi connectivity index (χ1v) is 15.4. The minimum atomic E-state index is -1.31. The minimum absolute atomic E-state index is 0.117. The Hall–Kier alpha value is -3.25. The molecule has 3 saturated heterocycles. The number of aliphatic hydroxyl groups excluding tert-OH is 1. The average Bonchev–Trinajstić information content (AvgIpc) is 3.27. The minimum Gasteiger partial charge on any atom is -0.494 e. The van der Waals surface area contributed by atoms with Gasteiger partial charge in [0.2, 0.25) is 17.7 Å². The Kier molecular flexibility index (Phi) is 8.34. The predicted molar refractivity (Wildman–Crippen MR) is 158 cm³/mol. The third-order valence-corrected chi connectivity index (χ3v) is 9.45. The zero-order valence-corrected chi connectivity index (χ0v) is 25.0. The summed E-state index contributed by atoms with van der Waals surface area (Å²) in [5.41, 5.74) is -1.70. The number of benzene rings is 1. The van der Waals surface area contributed by atoms with Crippen LogP contribution in [0.2, 0.25) is 0 Å². The molecule has 1 spiro atoms. The fraction of sp³-hybridized carbons (Fsp3) is 0.594. The Labute approximate surface area is 252 Å². The van der Waals surface area contributed by atoms with Gasteiger partial charge in [0.05, 0.1) is 37.3 Å². The fourth-order valence-corrected chi connectivity index (χ4v) is 7.46. The van der Waals surface area contributed by atoms with E-state index in [9.17, 15) is 19.5 Å². The van der Waals surface area contributed by atoms with Crippen LogP contribution in [0.1, 0.15) is 20.3 Å². The Balaban J connectivity index is 1.34. The molecule has 1 N–H and O–H groups in total. The summed E-state index contributed by atoms with van der Waals surface area (Å²) in [5.74, 6) is -1.71. The number of fused-ring (bicyclic) bond motifs is 2. The molecule has 1 aromatic carbocycles. The third kappa shape index (κ3) is 5.16. The zero-order chi connectivity index (χ0) is 30.2. The predicted octanol–water partition coefficient (Wildman–Crippen LogP) is 1.07. The monoisotopic (exact) mass is 594 g/mol. The molecule has 0 saturated carbocycles. The lowest BCUT2D eigenvalue weighted by Gasteiger charge is -2.38. The number of carbonyl (C=O) groups excluding carboxylic acids is 3. The van der Waals surface area contributed by atoms with E-state index in [4.69, 9.17) is 14.2 Å². The second-order valence-corrected chi connectivity index (χ2v) is 12.0. The van der Waals surface area contributed by atoms with Crippen molar-refractivity contribution in [1.82, 2.24) is 14.7 Å². The molecule has 232 valence electrons. The van der Waals surface area contributed by atoms with Crippen molar-refractivity contribution in [3.05, 3.63) is 48.6 Å². The molecule has 0 radical (unpaired) electrons. The summed E-state index contributed by atoms with van der Waals surface area (Å²) in [6.07, 6.45) is 7.91. The van der Waals surface area contributed by atoms with Gasteiger partial charge in [0, 0.05) is 58.1 Å². The van der Waals surface area contributed by atoms with E-state index in [0.29, 0.717) is 63.9 Å². The summed E-state index contributed by atoms with van der Waals surface area (Å²) >= 11 is 0. The number of nitrogens with zero attached hydrogens (tertiary/aromatic N) is 4. The van der Waals surface area contributed by atoms with E-state index in [1.165, 1.54) is 0 Å². The highest BCUT2D eigenvalue weighted by molar-refractivity contribution is 6.04. The lowest BCUT2D eigenvalue weighted by Crippen LogP contribution is -2.56. The van der Waals surface area contributed by atoms with Gasteiger partial charge in [-0.3, -0.25) is 19.3 Å². The molecule has 1 aromatic rings. The molecule has 11 heteroatoms. The lowest BCUT2D eigenvalue weighted by molar-refractivity contribution is -0.151. The van der Waals surface area contributed by atoms with Gasteiger partial charge >= 0.3 is 0 Å². The maximum Gasteiger partial charge on any atom is 0.249 e. The van der Waals surface area contributed by atoms with Crippen LogP contribution in [0.25, 0.3) is 0 Å². The molecule has 5 atom stereocenters. The van der Waals surface area contributed by atoms with Crippen molar-refractivity contribution in [1.29, 1.82) is 0 Å². The molecule has 0 bridgehead atoms. The van der Waals surface area contributed by atoms with Gasteiger partial charge in [-0.2, -0.15) is 0 Å². The van der Waals surface area contributed by atoms with Crippen molar-refractivity contribution in [2.75, 3.05) is 77.1 Å². The van der Waals surface area contributed by atoms with Gasteiger partial charge in [0.1, 0.15) is 17.4 Å². The maximum absolute atomic E-state index is 14.5. The summed E-state index contributed by atoms with van der Waals surface area (Å²) in [4.78, 5) is 50.5. The Morgan fingerprint density at radius 3 is 2.40 bits per heavy atom. The van der Waals surface area contributed by atoms with E-state index in [1.807, 2.05) is 62.4 Å². The van der Waals surface area contributed by atoms with E-state index in [1.54, 1.807) is 14.7 Å². The van der Waals surface area contributed by atoms with Gasteiger partial charge in [0.25, 0.3) is 0 Å². The van der Waals surface area contributed by atoms with Crippen LogP contribution in [-0.4, -0.2) is 127 Å². The van der Waals surface area contributed by atoms with Crippen LogP contribution in [0, 0.1) is 11.8 Å². The number of anilines is 1. The molecule has 6 rings (SSSR count). The first-order chi connectivity index (χ1) is 20.8. The summed E-state index contributed by atoms with van der Waals surface area (Å²) < 4.78 is 17.9. The van der Waals surface area contributed by atoms with Crippen LogP contribution < -0.4 is 9.64 Å². The Bertz CT molecular complexity index is 1280. The SMILES string of the molecule is CCOc1ccc(N2CC=C[C@@]3(C)O[C@]45C=CCN(CCN6CCOCC6)C(=O)C4N(CCCO)C(=O)[C@@H]5[C@H]3C2=O)cc1. The second kappa shape index (κ2) is 12.0. The summed E-state index contributed by atoms with van der Waals surface area (Å²) in [6.45, 7) is 9.31. The number of hydrogen-bond acceptors (Lipinski definition) is 8. The largest absolute Gasteiger partial charge is 0.494 e. The third-order valence-electron chi connectivity index (χ3n) is 9.45. The number of morpholine rings is 1. The van der Waals surface area contributed by atoms with Crippen molar-refractivity contribution in [2.45, 2.75) is 37.5 Å². The smallest absolute Gasteiger partial charge is 0.249 e.